The largest absolute Gasteiger partial charge is 0.486 e. The Kier molecular flexibility index (Phi) is 8.63. The quantitative estimate of drug-likeness (QED) is 0.440. The van der Waals surface area contributed by atoms with Gasteiger partial charge >= 0.3 is 0 Å². The van der Waals surface area contributed by atoms with Crippen LogP contribution < -0.4 is 10.1 Å². The van der Waals surface area contributed by atoms with Crippen LogP contribution in [0.15, 0.2) is 78.0 Å². The molecule has 2 aromatic carbocycles. The number of fused-ring (bicyclic) bond motifs is 1. The van der Waals surface area contributed by atoms with Crippen molar-refractivity contribution in [3.8, 4) is 5.75 Å². The van der Waals surface area contributed by atoms with Crippen molar-refractivity contribution in [2.45, 2.75) is 30.9 Å². The van der Waals surface area contributed by atoms with Gasteiger partial charge < -0.3 is 20.1 Å². The van der Waals surface area contributed by atoms with Gasteiger partial charge in [-0.15, -0.1) is 0 Å². The van der Waals surface area contributed by atoms with E-state index in [2.05, 4.69) is 10.3 Å². The molecule has 1 aliphatic heterocycles. The van der Waals surface area contributed by atoms with Crippen LogP contribution in [0.25, 0.3) is 0 Å². The predicted molar refractivity (Wildman–Crippen MR) is 146 cm³/mol. The fourth-order valence-corrected chi connectivity index (χ4v) is 5.59. The van der Waals surface area contributed by atoms with Crippen LogP contribution in [0.1, 0.15) is 34.6 Å². The Labute approximate surface area is 228 Å². The predicted octanol–water partition coefficient (Wildman–Crippen LogP) is 2.87. The number of hydrogen-bond donors (Lipinski definition) is 2. The zero-order valence-electron chi connectivity index (χ0n) is 22.0. The maximum absolute atomic E-state index is 13.6. The number of benzene rings is 2. The van der Waals surface area contributed by atoms with E-state index in [4.69, 9.17) is 4.74 Å². The van der Waals surface area contributed by atoms with E-state index in [1.54, 1.807) is 60.4 Å². The molecule has 3 atom stereocenters. The number of carbonyl (C=O) groups excluding carboxylic acids is 2. The van der Waals surface area contributed by atoms with E-state index >= 15 is 0 Å². The molecule has 0 bridgehead atoms. The third-order valence-corrected chi connectivity index (χ3v) is 8.61. The van der Waals surface area contributed by atoms with Crippen LogP contribution in [-0.2, 0) is 10.0 Å². The summed E-state index contributed by atoms with van der Waals surface area (Å²) in [4.78, 5) is 32.2. The Morgan fingerprint density at radius 2 is 1.85 bits per heavy atom. The summed E-state index contributed by atoms with van der Waals surface area (Å²) < 4.78 is 34.2. The number of ether oxygens (including phenoxy) is 1. The van der Waals surface area contributed by atoms with E-state index in [1.165, 1.54) is 35.9 Å². The Morgan fingerprint density at radius 3 is 2.51 bits per heavy atom. The summed E-state index contributed by atoms with van der Waals surface area (Å²) in [6, 6.07) is 15.6. The van der Waals surface area contributed by atoms with Gasteiger partial charge in [0.15, 0.2) is 5.75 Å². The van der Waals surface area contributed by atoms with Gasteiger partial charge in [0.25, 0.3) is 11.8 Å². The van der Waals surface area contributed by atoms with Crippen molar-refractivity contribution in [1.82, 2.24) is 14.2 Å². The van der Waals surface area contributed by atoms with Crippen molar-refractivity contribution in [1.29, 1.82) is 0 Å². The SMILES string of the molecule is C[C@@H]1CN([C@@H](C)CO)C(=O)c2cccc(NC(=O)c3ccncc3)c2O[C@H]1CN(C)S(=O)(=O)c1ccccc1. The number of hydrogen-bond acceptors (Lipinski definition) is 7. The van der Waals surface area contributed by atoms with Crippen LogP contribution >= 0.6 is 0 Å². The maximum Gasteiger partial charge on any atom is 0.258 e. The lowest BCUT2D eigenvalue weighted by Crippen LogP contribution is -2.50. The van der Waals surface area contributed by atoms with Crippen LogP contribution in [0.4, 0.5) is 5.69 Å². The lowest BCUT2D eigenvalue weighted by molar-refractivity contribution is 0.0388. The molecule has 10 nitrogen and oxygen atoms in total. The molecule has 0 aliphatic carbocycles. The standard InChI is InChI=1S/C28H32N4O6S/c1-19-16-32(20(2)18-33)28(35)23-10-7-11-24(30-27(34)21-12-14-29-15-13-21)26(23)38-25(19)17-31(3)39(36,37)22-8-5-4-6-9-22/h4-15,19-20,25,33H,16-18H2,1-3H3,(H,30,34)/t19-,20+,25+/m1/s1. The molecule has 206 valence electrons. The number of anilines is 1. The lowest BCUT2D eigenvalue weighted by Gasteiger charge is -2.38. The highest BCUT2D eigenvalue weighted by molar-refractivity contribution is 7.89. The van der Waals surface area contributed by atoms with Crippen LogP contribution in [0.5, 0.6) is 5.75 Å². The first-order valence-corrected chi connectivity index (χ1v) is 14.0. The fraction of sp³-hybridized carbons (Fsp3) is 0.321. The molecule has 3 aromatic rings. The highest BCUT2D eigenvalue weighted by atomic mass is 32.2. The fourth-order valence-electron chi connectivity index (χ4n) is 4.38. The molecule has 0 saturated carbocycles. The van der Waals surface area contributed by atoms with Gasteiger partial charge in [0.1, 0.15) is 6.10 Å². The average Bonchev–Trinajstić information content (AvgIpc) is 2.95. The molecule has 1 aliphatic rings. The third-order valence-electron chi connectivity index (χ3n) is 6.77. The Morgan fingerprint density at radius 1 is 1.15 bits per heavy atom. The number of likely N-dealkylation sites (N-methyl/N-ethyl adjacent to an activating group) is 1. The molecule has 4 rings (SSSR count). The number of aliphatic hydroxyl groups is 1. The molecule has 2 amide bonds. The van der Waals surface area contributed by atoms with Crippen molar-refractivity contribution < 1.29 is 27.9 Å². The Bertz CT molecular complexity index is 1420. The number of nitrogens with one attached hydrogen (secondary N) is 1. The third kappa shape index (κ3) is 6.11. The Hall–Kier alpha value is -3.80. The monoisotopic (exact) mass is 552 g/mol. The van der Waals surface area contributed by atoms with E-state index in [0.717, 1.165) is 0 Å². The number of rotatable bonds is 8. The van der Waals surface area contributed by atoms with Crippen LogP contribution in [-0.4, -0.2) is 78.4 Å². The first-order valence-electron chi connectivity index (χ1n) is 12.6. The highest BCUT2D eigenvalue weighted by Gasteiger charge is 2.36. The number of aromatic nitrogens is 1. The molecule has 0 spiro atoms. The van der Waals surface area contributed by atoms with Gasteiger partial charge in [-0.3, -0.25) is 14.6 Å². The van der Waals surface area contributed by atoms with E-state index in [0.29, 0.717) is 5.56 Å². The second-order valence-electron chi connectivity index (χ2n) is 9.59. The van der Waals surface area contributed by atoms with E-state index in [1.807, 2.05) is 6.92 Å². The molecule has 0 unspecified atom stereocenters. The summed E-state index contributed by atoms with van der Waals surface area (Å²) in [7, 11) is -2.33. The molecule has 0 radical (unpaired) electrons. The first kappa shape index (κ1) is 28.2. The van der Waals surface area contributed by atoms with Crippen LogP contribution in [0, 0.1) is 5.92 Å². The number of sulfonamides is 1. The van der Waals surface area contributed by atoms with Crippen molar-refractivity contribution in [3.63, 3.8) is 0 Å². The summed E-state index contributed by atoms with van der Waals surface area (Å²) >= 11 is 0. The molecular formula is C28H32N4O6S. The van der Waals surface area contributed by atoms with E-state index in [9.17, 15) is 23.1 Å². The van der Waals surface area contributed by atoms with Crippen LogP contribution in [0.3, 0.4) is 0 Å². The van der Waals surface area contributed by atoms with Crippen molar-refractivity contribution in [2.75, 3.05) is 32.1 Å². The van der Waals surface area contributed by atoms with Gasteiger partial charge in [-0.1, -0.05) is 31.2 Å². The van der Waals surface area contributed by atoms with Gasteiger partial charge in [-0.2, -0.15) is 4.31 Å². The number of para-hydroxylation sites is 1. The molecule has 2 N–H and O–H groups in total. The van der Waals surface area contributed by atoms with Gasteiger partial charge in [-0.05, 0) is 43.3 Å². The second-order valence-corrected chi connectivity index (χ2v) is 11.6. The maximum atomic E-state index is 13.6. The smallest absolute Gasteiger partial charge is 0.258 e. The van der Waals surface area contributed by atoms with Crippen molar-refractivity contribution >= 4 is 27.5 Å². The molecule has 39 heavy (non-hydrogen) atoms. The summed E-state index contributed by atoms with van der Waals surface area (Å²) in [5.74, 6) is -0.962. The minimum absolute atomic E-state index is 0.0139. The second kappa shape index (κ2) is 11.9. The highest BCUT2D eigenvalue weighted by Crippen LogP contribution is 2.35. The number of pyridine rings is 1. The molecule has 1 aromatic heterocycles. The van der Waals surface area contributed by atoms with Crippen LogP contribution in [0.2, 0.25) is 0 Å². The Balaban J connectivity index is 1.73. The van der Waals surface area contributed by atoms with E-state index < -0.39 is 28.1 Å². The average molecular weight is 553 g/mol. The zero-order valence-corrected chi connectivity index (χ0v) is 22.8. The van der Waals surface area contributed by atoms with Crippen molar-refractivity contribution in [2.24, 2.45) is 5.92 Å². The van der Waals surface area contributed by atoms with Gasteiger partial charge in [-0.25, -0.2) is 8.42 Å². The first-order chi connectivity index (χ1) is 18.6. The normalized spacial score (nSPS) is 18.5. The van der Waals surface area contributed by atoms with Gasteiger partial charge in [0.2, 0.25) is 10.0 Å². The lowest BCUT2D eigenvalue weighted by atomic mass is 9.99. The van der Waals surface area contributed by atoms with E-state index in [-0.39, 0.29) is 53.4 Å². The molecule has 11 heteroatoms. The topological polar surface area (TPSA) is 129 Å². The summed E-state index contributed by atoms with van der Waals surface area (Å²) in [6.45, 7) is 3.57. The zero-order chi connectivity index (χ0) is 28.2. The molecule has 2 heterocycles. The van der Waals surface area contributed by atoms with Gasteiger partial charge in [0, 0.05) is 37.5 Å². The number of aliphatic hydroxyl groups excluding tert-OH is 1. The van der Waals surface area contributed by atoms with Crippen molar-refractivity contribution in [3.05, 3.63) is 84.2 Å². The number of amides is 2. The summed E-state index contributed by atoms with van der Waals surface area (Å²) in [5.41, 5.74) is 0.842. The number of carbonyl (C=O) groups is 2. The minimum atomic E-state index is -3.81. The summed E-state index contributed by atoms with van der Waals surface area (Å²) in [6.07, 6.45) is 2.31. The molecule has 0 saturated heterocycles. The summed E-state index contributed by atoms with van der Waals surface area (Å²) in [5, 5.41) is 12.7. The molecule has 0 fully saturated rings. The number of nitrogens with zero attached hydrogens (tertiary/aromatic N) is 3. The van der Waals surface area contributed by atoms with Gasteiger partial charge in [0.05, 0.1) is 35.3 Å². The minimum Gasteiger partial charge on any atom is -0.486 e. The molecular weight excluding hydrogens is 520 g/mol.